The summed E-state index contributed by atoms with van der Waals surface area (Å²) >= 11 is 0. The fourth-order valence-electron chi connectivity index (χ4n) is 4.02. The van der Waals surface area contributed by atoms with Crippen molar-refractivity contribution in [3.05, 3.63) is 24.8 Å². The minimum absolute atomic E-state index is 0.176. The van der Waals surface area contributed by atoms with Crippen molar-refractivity contribution in [2.45, 2.75) is 45.4 Å². The number of hydrogen-bond acceptors (Lipinski definition) is 2. The molecule has 0 aromatic heterocycles. The standard InChI is InChI=1S/C10H16.C4H6O2.C3H4O2/c1-2-9-7-4-5-8(6-7)10(9)3-1;1-3(2)4(5)6;1-2-3(4)5/h7-10H,1-6H2;1H2,2H3,(H,5,6);2H,1H2,(H,4,5). The van der Waals surface area contributed by atoms with Crippen molar-refractivity contribution < 1.29 is 19.8 Å². The van der Waals surface area contributed by atoms with Crippen LogP contribution in [0.2, 0.25) is 0 Å². The molecule has 2 bridgehead atoms. The fraction of sp³-hybridized carbons (Fsp3) is 0.647. The number of carbonyl (C=O) groups is 2. The second kappa shape index (κ2) is 8.01. The molecule has 0 amide bonds. The van der Waals surface area contributed by atoms with Gasteiger partial charge in [0.25, 0.3) is 0 Å². The lowest BCUT2D eigenvalue weighted by atomic mass is 9.82. The van der Waals surface area contributed by atoms with Crippen molar-refractivity contribution in [1.29, 1.82) is 0 Å². The van der Waals surface area contributed by atoms with Crippen LogP contribution in [0.5, 0.6) is 0 Å². The molecule has 0 aliphatic heterocycles. The predicted octanol–water partition coefficient (Wildman–Crippen LogP) is 3.74. The largest absolute Gasteiger partial charge is 0.478 e. The maximum Gasteiger partial charge on any atom is 0.330 e. The first-order chi connectivity index (χ1) is 9.86. The summed E-state index contributed by atoms with van der Waals surface area (Å²) < 4.78 is 0. The highest BCUT2D eigenvalue weighted by atomic mass is 16.4. The zero-order chi connectivity index (χ0) is 16.0. The Morgan fingerprint density at radius 3 is 1.71 bits per heavy atom. The van der Waals surface area contributed by atoms with Crippen LogP contribution < -0.4 is 0 Å². The first kappa shape index (κ1) is 17.5. The van der Waals surface area contributed by atoms with E-state index in [9.17, 15) is 9.59 Å². The molecular weight excluding hydrogens is 268 g/mol. The normalized spacial score (nSPS) is 31.1. The number of fused-ring (bicyclic) bond motifs is 5. The van der Waals surface area contributed by atoms with Crippen LogP contribution in [0.3, 0.4) is 0 Å². The Labute approximate surface area is 126 Å². The molecule has 0 aromatic rings. The first-order valence-corrected chi connectivity index (χ1v) is 7.61. The molecule has 3 aliphatic carbocycles. The van der Waals surface area contributed by atoms with E-state index in [1.807, 2.05) is 0 Å². The van der Waals surface area contributed by atoms with Gasteiger partial charge in [-0.1, -0.05) is 19.6 Å². The molecule has 4 unspecified atom stereocenters. The summed E-state index contributed by atoms with van der Waals surface area (Å²) in [4.78, 5) is 18.8. The van der Waals surface area contributed by atoms with Gasteiger partial charge in [-0.25, -0.2) is 9.59 Å². The third kappa shape index (κ3) is 5.03. The smallest absolute Gasteiger partial charge is 0.330 e. The lowest BCUT2D eigenvalue weighted by molar-refractivity contribution is -0.133. The fourth-order valence-corrected chi connectivity index (χ4v) is 4.02. The second-order valence-electron chi connectivity index (χ2n) is 6.22. The molecule has 0 spiro atoms. The third-order valence-corrected chi connectivity index (χ3v) is 4.89. The molecule has 0 saturated heterocycles. The van der Waals surface area contributed by atoms with E-state index < -0.39 is 11.9 Å². The monoisotopic (exact) mass is 294 g/mol. The zero-order valence-corrected chi connectivity index (χ0v) is 12.8. The van der Waals surface area contributed by atoms with Crippen LogP contribution in [-0.2, 0) is 9.59 Å². The summed E-state index contributed by atoms with van der Waals surface area (Å²) in [6.45, 7) is 7.56. The van der Waals surface area contributed by atoms with Crippen LogP contribution in [0, 0.1) is 23.7 Å². The van der Waals surface area contributed by atoms with E-state index in [1.54, 1.807) is 38.5 Å². The highest BCUT2D eigenvalue weighted by Gasteiger charge is 2.48. The summed E-state index contributed by atoms with van der Waals surface area (Å²) in [6, 6.07) is 0. The van der Waals surface area contributed by atoms with Crippen molar-refractivity contribution in [2.24, 2.45) is 23.7 Å². The van der Waals surface area contributed by atoms with Gasteiger partial charge in [0.1, 0.15) is 0 Å². The van der Waals surface area contributed by atoms with Gasteiger partial charge in [-0.3, -0.25) is 0 Å². The van der Waals surface area contributed by atoms with E-state index in [0.29, 0.717) is 0 Å². The lowest BCUT2D eigenvalue weighted by Crippen LogP contribution is -2.15. The molecule has 3 aliphatic rings. The molecule has 21 heavy (non-hydrogen) atoms. The molecule has 4 atom stereocenters. The molecule has 4 nitrogen and oxygen atoms in total. The molecular formula is C17H26O4. The van der Waals surface area contributed by atoms with E-state index >= 15 is 0 Å². The second-order valence-corrected chi connectivity index (χ2v) is 6.22. The summed E-state index contributed by atoms with van der Waals surface area (Å²) in [7, 11) is 0. The molecule has 3 saturated carbocycles. The Morgan fingerprint density at radius 2 is 1.43 bits per heavy atom. The molecule has 118 valence electrons. The molecule has 2 N–H and O–H groups in total. The van der Waals surface area contributed by atoms with Crippen LogP contribution in [-0.4, -0.2) is 22.2 Å². The van der Waals surface area contributed by atoms with Crippen LogP contribution in [0.15, 0.2) is 24.8 Å². The van der Waals surface area contributed by atoms with Crippen LogP contribution in [0.4, 0.5) is 0 Å². The van der Waals surface area contributed by atoms with Crippen molar-refractivity contribution in [3.8, 4) is 0 Å². The summed E-state index contributed by atoms with van der Waals surface area (Å²) in [5.74, 6) is 2.88. The maximum absolute atomic E-state index is 9.60. The highest BCUT2D eigenvalue weighted by Crippen LogP contribution is 2.58. The van der Waals surface area contributed by atoms with Gasteiger partial charge in [0.05, 0.1) is 0 Å². The minimum Gasteiger partial charge on any atom is -0.478 e. The predicted molar refractivity (Wildman–Crippen MR) is 81.9 cm³/mol. The minimum atomic E-state index is -0.981. The summed E-state index contributed by atoms with van der Waals surface area (Å²) in [5.41, 5.74) is 0.176. The van der Waals surface area contributed by atoms with Crippen LogP contribution in [0.25, 0.3) is 0 Å². The van der Waals surface area contributed by atoms with Crippen LogP contribution >= 0.6 is 0 Å². The van der Waals surface area contributed by atoms with Gasteiger partial charge in [0.15, 0.2) is 0 Å². The van der Waals surface area contributed by atoms with Gasteiger partial charge in [0.2, 0.25) is 0 Å². The Morgan fingerprint density at radius 1 is 1.05 bits per heavy atom. The van der Waals surface area contributed by atoms with E-state index in [4.69, 9.17) is 10.2 Å². The number of hydrogen-bond donors (Lipinski definition) is 2. The van der Waals surface area contributed by atoms with E-state index in [0.717, 1.165) is 6.08 Å². The summed E-state index contributed by atoms with van der Waals surface area (Å²) in [5, 5.41) is 15.5. The molecule has 4 heteroatoms. The van der Waals surface area contributed by atoms with Gasteiger partial charge < -0.3 is 10.2 Å². The zero-order valence-electron chi connectivity index (χ0n) is 12.8. The van der Waals surface area contributed by atoms with E-state index in [1.165, 1.54) is 30.6 Å². The lowest BCUT2D eigenvalue weighted by Gasteiger charge is -2.23. The van der Waals surface area contributed by atoms with E-state index in [2.05, 4.69) is 13.2 Å². The Bertz CT molecular complexity index is 385. The molecule has 0 aromatic carbocycles. The number of aliphatic carboxylic acids is 2. The van der Waals surface area contributed by atoms with Gasteiger partial charge in [-0.2, -0.15) is 0 Å². The molecule has 3 rings (SSSR count). The van der Waals surface area contributed by atoms with Crippen molar-refractivity contribution in [1.82, 2.24) is 0 Å². The maximum atomic E-state index is 9.60. The van der Waals surface area contributed by atoms with Crippen molar-refractivity contribution >= 4 is 11.9 Å². The third-order valence-electron chi connectivity index (χ3n) is 4.89. The highest BCUT2D eigenvalue weighted by molar-refractivity contribution is 5.84. The van der Waals surface area contributed by atoms with Crippen LogP contribution in [0.1, 0.15) is 45.4 Å². The average Bonchev–Trinajstić information content (AvgIpc) is 3.13. The summed E-state index contributed by atoms with van der Waals surface area (Å²) in [6.07, 6.45) is 10.4. The van der Waals surface area contributed by atoms with Gasteiger partial charge in [0, 0.05) is 11.6 Å². The molecule has 3 fully saturated rings. The topological polar surface area (TPSA) is 74.6 Å². The van der Waals surface area contributed by atoms with E-state index in [-0.39, 0.29) is 5.57 Å². The van der Waals surface area contributed by atoms with Gasteiger partial charge in [-0.15, -0.1) is 0 Å². The Hall–Kier alpha value is -1.58. The Balaban J connectivity index is 0.000000176. The first-order valence-electron chi connectivity index (χ1n) is 7.61. The number of carboxylic acid groups (broad SMARTS) is 2. The number of rotatable bonds is 2. The quantitative estimate of drug-likeness (QED) is 0.761. The molecule has 0 heterocycles. The SMILES string of the molecule is C1CC2C3CCC(C3)C2C1.C=C(C)C(=O)O.C=CC(=O)O. The molecule has 0 radical (unpaired) electrons. The number of carboxylic acids is 2. The van der Waals surface area contributed by atoms with Gasteiger partial charge >= 0.3 is 11.9 Å². The van der Waals surface area contributed by atoms with Crippen molar-refractivity contribution in [3.63, 3.8) is 0 Å². The Kier molecular flexibility index (Phi) is 6.66. The average molecular weight is 294 g/mol. The van der Waals surface area contributed by atoms with Crippen molar-refractivity contribution in [2.75, 3.05) is 0 Å². The van der Waals surface area contributed by atoms with Gasteiger partial charge in [-0.05, 0) is 62.7 Å².